The second-order valence-corrected chi connectivity index (χ2v) is 10.6. The average molecular weight is 447 g/mol. The predicted molar refractivity (Wildman–Crippen MR) is 122 cm³/mol. The molecule has 3 aliphatic rings. The summed E-state index contributed by atoms with van der Waals surface area (Å²) in [6, 6.07) is 0.216. The fraction of sp³-hybridized carbons (Fsp3) is 0.708. The van der Waals surface area contributed by atoms with E-state index >= 15 is 0 Å². The van der Waals surface area contributed by atoms with Crippen molar-refractivity contribution in [2.24, 2.45) is 17.8 Å². The number of thiophene rings is 1. The van der Waals surface area contributed by atoms with Gasteiger partial charge in [-0.2, -0.15) is 0 Å². The lowest BCUT2D eigenvalue weighted by Crippen LogP contribution is -2.37. The highest BCUT2D eigenvalue weighted by Gasteiger charge is 2.37. The molecule has 0 saturated heterocycles. The third kappa shape index (κ3) is 4.81. The summed E-state index contributed by atoms with van der Waals surface area (Å²) in [4.78, 5) is 39.3. The van der Waals surface area contributed by atoms with E-state index in [1.165, 1.54) is 16.2 Å². The third-order valence-electron chi connectivity index (χ3n) is 7.52. The van der Waals surface area contributed by atoms with Gasteiger partial charge in [-0.1, -0.05) is 39.0 Å². The van der Waals surface area contributed by atoms with Crippen molar-refractivity contribution < 1.29 is 19.5 Å². The van der Waals surface area contributed by atoms with Crippen LogP contribution in [-0.2, 0) is 22.4 Å². The lowest BCUT2D eigenvalue weighted by molar-refractivity contribution is -0.147. The Kier molecular flexibility index (Phi) is 6.99. The number of rotatable bonds is 6. The Morgan fingerprint density at radius 3 is 2.35 bits per heavy atom. The van der Waals surface area contributed by atoms with E-state index in [0.29, 0.717) is 29.3 Å². The fourth-order valence-electron chi connectivity index (χ4n) is 5.60. The van der Waals surface area contributed by atoms with Gasteiger partial charge >= 0.3 is 5.97 Å². The van der Waals surface area contributed by atoms with Crippen LogP contribution in [0.3, 0.4) is 0 Å². The molecule has 7 heteroatoms. The molecule has 0 unspecified atom stereocenters. The fourth-order valence-corrected chi connectivity index (χ4v) is 6.97. The maximum absolute atomic E-state index is 13.3. The number of anilines is 1. The van der Waals surface area contributed by atoms with E-state index in [0.717, 1.165) is 69.8 Å². The first kappa shape index (κ1) is 22.3. The standard InChI is InChI=1S/C24H34N2O4S/c1-2-14-11-12-18-19(13-14)31-23(20(18)22(28)25-15-7-3-4-8-15)26-21(27)16-9-5-6-10-17(16)24(29)30/h14-17H,2-13H2,1H3,(H,25,28)(H,26,27)(H,29,30)/t14-,16-,17-/m0/s1. The van der Waals surface area contributed by atoms with Crippen molar-refractivity contribution in [3.63, 3.8) is 0 Å². The van der Waals surface area contributed by atoms with Gasteiger partial charge in [0.1, 0.15) is 5.00 Å². The van der Waals surface area contributed by atoms with Crippen LogP contribution in [-0.4, -0.2) is 28.9 Å². The van der Waals surface area contributed by atoms with Crippen molar-refractivity contribution >= 4 is 34.1 Å². The van der Waals surface area contributed by atoms with Crippen LogP contribution in [0.15, 0.2) is 0 Å². The first-order chi connectivity index (χ1) is 15.0. The normalized spacial score (nSPS) is 26.3. The van der Waals surface area contributed by atoms with Gasteiger partial charge in [-0.05, 0) is 56.4 Å². The maximum Gasteiger partial charge on any atom is 0.307 e. The van der Waals surface area contributed by atoms with Crippen molar-refractivity contribution in [3.8, 4) is 0 Å². The Morgan fingerprint density at radius 1 is 1.00 bits per heavy atom. The van der Waals surface area contributed by atoms with Crippen LogP contribution in [0.2, 0.25) is 0 Å². The van der Waals surface area contributed by atoms with Crippen LogP contribution in [0.5, 0.6) is 0 Å². The highest BCUT2D eigenvalue weighted by Crippen LogP contribution is 2.41. The van der Waals surface area contributed by atoms with Gasteiger partial charge in [-0.15, -0.1) is 11.3 Å². The molecule has 1 heterocycles. The SMILES string of the molecule is CC[C@H]1CCc2c(sc(NC(=O)[C@H]3CCCC[C@@H]3C(=O)O)c2C(=O)NC2CCCC2)C1. The minimum absolute atomic E-state index is 0.0759. The van der Waals surface area contributed by atoms with Gasteiger partial charge in [0.2, 0.25) is 5.91 Å². The van der Waals surface area contributed by atoms with Crippen LogP contribution < -0.4 is 10.6 Å². The average Bonchev–Trinajstić information content (AvgIpc) is 3.40. The molecule has 2 saturated carbocycles. The maximum atomic E-state index is 13.3. The zero-order chi connectivity index (χ0) is 22.0. The van der Waals surface area contributed by atoms with E-state index in [1.807, 2.05) is 0 Å². The third-order valence-corrected chi connectivity index (χ3v) is 8.69. The lowest BCUT2D eigenvalue weighted by Gasteiger charge is -2.27. The van der Waals surface area contributed by atoms with E-state index in [4.69, 9.17) is 0 Å². The number of carbonyl (C=O) groups is 3. The van der Waals surface area contributed by atoms with Gasteiger partial charge in [-0.25, -0.2) is 0 Å². The molecular weight excluding hydrogens is 412 g/mol. The summed E-state index contributed by atoms with van der Waals surface area (Å²) in [6.45, 7) is 2.20. The quantitative estimate of drug-likeness (QED) is 0.587. The summed E-state index contributed by atoms with van der Waals surface area (Å²) in [7, 11) is 0. The number of aliphatic carboxylic acids is 1. The van der Waals surface area contributed by atoms with E-state index in [1.54, 1.807) is 0 Å². The largest absolute Gasteiger partial charge is 0.481 e. The summed E-state index contributed by atoms with van der Waals surface area (Å²) >= 11 is 1.53. The number of hydrogen-bond donors (Lipinski definition) is 3. The van der Waals surface area contributed by atoms with E-state index < -0.39 is 17.8 Å². The molecular formula is C24H34N2O4S. The number of carboxylic acids is 1. The highest BCUT2D eigenvalue weighted by molar-refractivity contribution is 7.17. The van der Waals surface area contributed by atoms with E-state index in [2.05, 4.69) is 17.6 Å². The number of hydrogen-bond acceptors (Lipinski definition) is 4. The van der Waals surface area contributed by atoms with Crippen LogP contribution in [0, 0.1) is 17.8 Å². The van der Waals surface area contributed by atoms with Gasteiger partial charge in [0.05, 0.1) is 17.4 Å². The van der Waals surface area contributed by atoms with Crippen molar-refractivity contribution in [1.29, 1.82) is 0 Å². The molecule has 3 aliphatic carbocycles. The molecule has 6 nitrogen and oxygen atoms in total. The Bertz CT molecular complexity index is 843. The van der Waals surface area contributed by atoms with Crippen LogP contribution in [0.25, 0.3) is 0 Å². The summed E-state index contributed by atoms with van der Waals surface area (Å²) in [5.74, 6) is -1.76. The first-order valence-corrected chi connectivity index (χ1v) is 12.8. The van der Waals surface area contributed by atoms with E-state index in [-0.39, 0.29) is 17.9 Å². The molecule has 0 aromatic carbocycles. The van der Waals surface area contributed by atoms with Crippen LogP contribution in [0.1, 0.15) is 91.9 Å². The van der Waals surface area contributed by atoms with Crippen molar-refractivity contribution in [3.05, 3.63) is 16.0 Å². The number of fused-ring (bicyclic) bond motifs is 1. The Balaban J connectivity index is 1.59. The topological polar surface area (TPSA) is 95.5 Å². The Labute approximate surface area is 188 Å². The molecule has 1 aromatic heterocycles. The predicted octanol–water partition coefficient (Wildman–Crippen LogP) is 4.76. The minimum Gasteiger partial charge on any atom is -0.481 e. The summed E-state index contributed by atoms with van der Waals surface area (Å²) in [5.41, 5.74) is 1.73. The molecule has 3 atom stereocenters. The number of carbonyl (C=O) groups excluding carboxylic acids is 2. The van der Waals surface area contributed by atoms with Gasteiger partial charge in [-0.3, -0.25) is 14.4 Å². The molecule has 2 amide bonds. The van der Waals surface area contributed by atoms with Crippen LogP contribution >= 0.6 is 11.3 Å². The van der Waals surface area contributed by atoms with Crippen LogP contribution in [0.4, 0.5) is 5.00 Å². The summed E-state index contributed by atoms with van der Waals surface area (Å²) in [5, 5.41) is 16.4. The molecule has 0 aliphatic heterocycles. The molecule has 4 rings (SSSR count). The van der Waals surface area contributed by atoms with Crippen molar-refractivity contribution in [2.45, 2.75) is 90.0 Å². The molecule has 31 heavy (non-hydrogen) atoms. The molecule has 3 N–H and O–H groups in total. The smallest absolute Gasteiger partial charge is 0.307 e. The first-order valence-electron chi connectivity index (χ1n) is 12.0. The van der Waals surface area contributed by atoms with Crippen molar-refractivity contribution in [2.75, 3.05) is 5.32 Å². The second kappa shape index (κ2) is 9.72. The van der Waals surface area contributed by atoms with Gasteiger partial charge in [0, 0.05) is 10.9 Å². The number of amides is 2. The number of nitrogens with one attached hydrogen (secondary N) is 2. The monoisotopic (exact) mass is 446 g/mol. The van der Waals surface area contributed by atoms with Gasteiger partial charge in [0.25, 0.3) is 5.91 Å². The summed E-state index contributed by atoms with van der Waals surface area (Å²) < 4.78 is 0. The molecule has 170 valence electrons. The molecule has 1 aromatic rings. The van der Waals surface area contributed by atoms with Gasteiger partial charge < -0.3 is 15.7 Å². The minimum atomic E-state index is -0.893. The Hall–Kier alpha value is -1.89. The zero-order valence-electron chi connectivity index (χ0n) is 18.4. The highest BCUT2D eigenvalue weighted by atomic mass is 32.1. The number of carboxylic acid groups (broad SMARTS) is 1. The summed E-state index contributed by atoms with van der Waals surface area (Å²) in [6.07, 6.45) is 11.2. The molecule has 0 bridgehead atoms. The van der Waals surface area contributed by atoms with E-state index in [9.17, 15) is 19.5 Å². The molecule has 0 spiro atoms. The Morgan fingerprint density at radius 2 is 1.68 bits per heavy atom. The molecule has 2 fully saturated rings. The van der Waals surface area contributed by atoms with Gasteiger partial charge in [0.15, 0.2) is 0 Å². The molecule has 0 radical (unpaired) electrons. The second-order valence-electron chi connectivity index (χ2n) is 9.50. The zero-order valence-corrected chi connectivity index (χ0v) is 19.2. The van der Waals surface area contributed by atoms with Crippen molar-refractivity contribution in [1.82, 2.24) is 5.32 Å². The lowest BCUT2D eigenvalue weighted by atomic mass is 9.78.